The molecule has 0 atom stereocenters. The maximum atomic E-state index is 5.17. The summed E-state index contributed by atoms with van der Waals surface area (Å²) in [6, 6.07) is 72.2. The molecule has 0 bridgehead atoms. The molecule has 0 unspecified atom stereocenters. The number of nitrogens with zero attached hydrogens (tertiary/aromatic N) is 4. The molecule has 0 aliphatic rings. The zero-order chi connectivity index (χ0) is 36.6. The van der Waals surface area contributed by atoms with Gasteiger partial charge in [0.15, 0.2) is 17.5 Å². The smallest absolute Gasteiger partial charge is 0.164 e. The van der Waals surface area contributed by atoms with Crippen LogP contribution in [0, 0.1) is 0 Å². The van der Waals surface area contributed by atoms with E-state index in [1.165, 1.54) is 21.8 Å². The standard InChI is InChI=1S/C51H34N4/c1-3-16-36(17-4-1)41-22-7-8-23-42(41)43-24-9-10-27-46(43)51-53-49(37-18-5-2-6-19-37)52-50(54-51)38-32-30-35(31-33-38)39-20-15-21-40(34-39)55-47-28-13-11-25-44(47)45-26-12-14-29-48(45)55/h1-34H. The number of benzene rings is 8. The summed E-state index contributed by atoms with van der Waals surface area (Å²) in [6.07, 6.45) is 0. The Labute approximate surface area is 319 Å². The molecule has 0 aliphatic heterocycles. The number of aromatic nitrogens is 4. The molecule has 0 saturated carbocycles. The monoisotopic (exact) mass is 702 g/mol. The zero-order valence-electron chi connectivity index (χ0n) is 29.9. The highest BCUT2D eigenvalue weighted by Gasteiger charge is 2.18. The highest BCUT2D eigenvalue weighted by Crippen LogP contribution is 2.38. The third-order valence-electron chi connectivity index (χ3n) is 10.3. The van der Waals surface area contributed by atoms with Crippen molar-refractivity contribution in [3.8, 4) is 73.2 Å². The summed E-state index contributed by atoms with van der Waals surface area (Å²) in [7, 11) is 0. The average Bonchev–Trinajstić information content (AvgIpc) is 3.61. The van der Waals surface area contributed by atoms with E-state index in [0.29, 0.717) is 17.5 Å². The Morgan fingerprint density at radius 3 is 1.35 bits per heavy atom. The van der Waals surface area contributed by atoms with Crippen molar-refractivity contribution in [2.45, 2.75) is 0 Å². The highest BCUT2D eigenvalue weighted by atomic mass is 15.0. The fourth-order valence-electron chi connectivity index (χ4n) is 7.68. The van der Waals surface area contributed by atoms with Crippen LogP contribution in [0.2, 0.25) is 0 Å². The molecule has 8 aromatic carbocycles. The van der Waals surface area contributed by atoms with Crippen molar-refractivity contribution in [2.24, 2.45) is 0 Å². The minimum atomic E-state index is 0.626. The summed E-state index contributed by atoms with van der Waals surface area (Å²) >= 11 is 0. The highest BCUT2D eigenvalue weighted by molar-refractivity contribution is 6.09. The van der Waals surface area contributed by atoms with Crippen LogP contribution in [-0.2, 0) is 0 Å². The van der Waals surface area contributed by atoms with Crippen molar-refractivity contribution in [1.82, 2.24) is 19.5 Å². The maximum absolute atomic E-state index is 5.17. The lowest BCUT2D eigenvalue weighted by molar-refractivity contribution is 1.07. The second-order valence-electron chi connectivity index (χ2n) is 13.6. The van der Waals surface area contributed by atoms with Crippen LogP contribution in [0.25, 0.3) is 95.0 Å². The molecule has 2 aromatic heterocycles. The molecule has 10 rings (SSSR count). The minimum Gasteiger partial charge on any atom is -0.309 e. The first-order valence-electron chi connectivity index (χ1n) is 18.5. The summed E-state index contributed by atoms with van der Waals surface area (Å²) in [5.41, 5.74) is 13.1. The van der Waals surface area contributed by atoms with Gasteiger partial charge in [-0.2, -0.15) is 0 Å². The number of rotatable bonds is 7. The second-order valence-corrected chi connectivity index (χ2v) is 13.6. The summed E-state index contributed by atoms with van der Waals surface area (Å²) < 4.78 is 2.36. The fourth-order valence-corrected chi connectivity index (χ4v) is 7.68. The maximum Gasteiger partial charge on any atom is 0.164 e. The molecule has 258 valence electrons. The van der Waals surface area contributed by atoms with Crippen LogP contribution in [0.1, 0.15) is 0 Å². The van der Waals surface area contributed by atoms with Crippen molar-refractivity contribution in [1.29, 1.82) is 0 Å². The molecule has 0 amide bonds. The van der Waals surface area contributed by atoms with Crippen molar-refractivity contribution in [2.75, 3.05) is 0 Å². The third kappa shape index (κ3) is 5.96. The van der Waals surface area contributed by atoms with Gasteiger partial charge in [0.25, 0.3) is 0 Å². The van der Waals surface area contributed by atoms with Crippen LogP contribution in [0.4, 0.5) is 0 Å². The van der Waals surface area contributed by atoms with Gasteiger partial charge in [0, 0.05) is 33.2 Å². The van der Waals surface area contributed by atoms with E-state index >= 15 is 0 Å². The van der Waals surface area contributed by atoms with Crippen LogP contribution in [0.3, 0.4) is 0 Å². The molecule has 0 radical (unpaired) electrons. The van der Waals surface area contributed by atoms with Crippen LogP contribution in [-0.4, -0.2) is 19.5 Å². The lowest BCUT2D eigenvalue weighted by Gasteiger charge is -2.15. The fraction of sp³-hybridized carbons (Fsp3) is 0. The van der Waals surface area contributed by atoms with Gasteiger partial charge in [0.2, 0.25) is 0 Å². The van der Waals surface area contributed by atoms with Crippen LogP contribution in [0.15, 0.2) is 206 Å². The first kappa shape index (κ1) is 32.2. The Balaban J connectivity index is 1.06. The van der Waals surface area contributed by atoms with E-state index in [1.807, 2.05) is 36.4 Å². The first-order chi connectivity index (χ1) is 27.3. The molecular weight excluding hydrogens is 669 g/mol. The Morgan fingerprint density at radius 2 is 0.709 bits per heavy atom. The molecule has 0 saturated heterocycles. The summed E-state index contributed by atoms with van der Waals surface area (Å²) in [5, 5.41) is 2.50. The van der Waals surface area contributed by atoms with E-state index in [0.717, 1.165) is 55.8 Å². The Bertz CT molecular complexity index is 2910. The number of fused-ring (bicyclic) bond motifs is 3. The van der Waals surface area contributed by atoms with Gasteiger partial charge in [-0.15, -0.1) is 0 Å². The Morgan fingerprint density at radius 1 is 0.273 bits per heavy atom. The summed E-state index contributed by atoms with van der Waals surface area (Å²) in [6.45, 7) is 0. The van der Waals surface area contributed by atoms with E-state index in [-0.39, 0.29) is 0 Å². The van der Waals surface area contributed by atoms with Gasteiger partial charge < -0.3 is 4.57 Å². The normalized spacial score (nSPS) is 11.3. The van der Waals surface area contributed by atoms with Gasteiger partial charge in [0.1, 0.15) is 0 Å². The predicted molar refractivity (Wildman–Crippen MR) is 227 cm³/mol. The van der Waals surface area contributed by atoms with E-state index < -0.39 is 0 Å². The SMILES string of the molecule is c1ccc(-c2nc(-c3ccc(-c4cccc(-n5c6ccccc6c6ccccc65)c4)cc3)nc(-c3ccccc3-c3ccccc3-c3ccccc3)n2)cc1. The average molecular weight is 703 g/mol. The van der Waals surface area contributed by atoms with Crippen LogP contribution < -0.4 is 0 Å². The molecule has 0 N–H and O–H groups in total. The van der Waals surface area contributed by atoms with Crippen LogP contribution >= 0.6 is 0 Å². The lowest BCUT2D eigenvalue weighted by Crippen LogP contribution is -2.01. The molecule has 4 heteroatoms. The van der Waals surface area contributed by atoms with Gasteiger partial charge in [-0.3, -0.25) is 0 Å². The Hall–Kier alpha value is -7.43. The van der Waals surface area contributed by atoms with Crippen LogP contribution in [0.5, 0.6) is 0 Å². The topological polar surface area (TPSA) is 43.6 Å². The molecule has 0 aliphatic carbocycles. The second kappa shape index (κ2) is 13.8. The van der Waals surface area contributed by atoms with Gasteiger partial charge in [0.05, 0.1) is 11.0 Å². The first-order valence-corrected chi connectivity index (χ1v) is 18.5. The van der Waals surface area contributed by atoms with Crippen molar-refractivity contribution in [3.63, 3.8) is 0 Å². The molecule has 4 nitrogen and oxygen atoms in total. The predicted octanol–water partition coefficient (Wildman–Crippen LogP) is 13.0. The van der Waals surface area contributed by atoms with Gasteiger partial charge in [-0.05, 0) is 57.6 Å². The number of hydrogen-bond donors (Lipinski definition) is 0. The van der Waals surface area contributed by atoms with E-state index in [4.69, 9.17) is 15.0 Å². The quantitative estimate of drug-likeness (QED) is 0.166. The summed E-state index contributed by atoms with van der Waals surface area (Å²) in [4.78, 5) is 15.3. The van der Waals surface area contributed by atoms with Crippen molar-refractivity contribution >= 4 is 21.8 Å². The van der Waals surface area contributed by atoms with Crippen molar-refractivity contribution < 1.29 is 0 Å². The van der Waals surface area contributed by atoms with Gasteiger partial charge in [-0.25, -0.2) is 15.0 Å². The third-order valence-corrected chi connectivity index (χ3v) is 10.3. The number of para-hydroxylation sites is 2. The zero-order valence-corrected chi connectivity index (χ0v) is 29.9. The minimum absolute atomic E-state index is 0.626. The van der Waals surface area contributed by atoms with Crippen molar-refractivity contribution in [3.05, 3.63) is 206 Å². The largest absolute Gasteiger partial charge is 0.309 e. The Kier molecular flexibility index (Phi) is 8.12. The molecule has 55 heavy (non-hydrogen) atoms. The van der Waals surface area contributed by atoms with Gasteiger partial charge >= 0.3 is 0 Å². The summed E-state index contributed by atoms with van der Waals surface area (Å²) in [5.74, 6) is 1.89. The van der Waals surface area contributed by atoms with E-state index in [9.17, 15) is 0 Å². The van der Waals surface area contributed by atoms with E-state index in [2.05, 4.69) is 174 Å². The number of hydrogen-bond acceptors (Lipinski definition) is 3. The molecular formula is C51H34N4. The lowest BCUT2D eigenvalue weighted by atomic mass is 9.91. The molecule has 2 heterocycles. The van der Waals surface area contributed by atoms with E-state index in [1.54, 1.807) is 0 Å². The van der Waals surface area contributed by atoms with Gasteiger partial charge in [-0.1, -0.05) is 182 Å². The molecule has 10 aromatic rings. The molecule has 0 spiro atoms. The molecule has 0 fully saturated rings.